The van der Waals surface area contributed by atoms with Crippen LogP contribution in [0.5, 0.6) is 0 Å². The van der Waals surface area contributed by atoms with Crippen LogP contribution in [0.2, 0.25) is 0 Å². The Hall–Kier alpha value is -2.24. The third-order valence-electron chi connectivity index (χ3n) is 3.28. The highest BCUT2D eigenvalue weighted by molar-refractivity contribution is 6.21. The van der Waals surface area contributed by atoms with Gasteiger partial charge in [0, 0.05) is 18.9 Å². The molecule has 1 aliphatic heterocycles. The summed E-state index contributed by atoms with van der Waals surface area (Å²) in [5, 5.41) is 9.21. The fourth-order valence-electron chi connectivity index (χ4n) is 2.34. The molecule has 1 unspecified atom stereocenters. The van der Waals surface area contributed by atoms with E-state index in [1.54, 1.807) is 0 Å². The van der Waals surface area contributed by atoms with Gasteiger partial charge in [-0.05, 0) is 18.4 Å². The molecular weight excluding hydrogens is 260 g/mol. The van der Waals surface area contributed by atoms with Crippen LogP contribution in [-0.2, 0) is 4.79 Å². The van der Waals surface area contributed by atoms with E-state index in [1.165, 1.54) is 18.5 Å². The summed E-state index contributed by atoms with van der Waals surface area (Å²) in [5.74, 6) is -2.47. The van der Waals surface area contributed by atoms with Crippen molar-refractivity contribution in [3.8, 4) is 0 Å². The number of aromatic nitrogens is 1. The van der Waals surface area contributed by atoms with E-state index >= 15 is 0 Å². The molecule has 0 saturated heterocycles. The van der Waals surface area contributed by atoms with E-state index < -0.39 is 23.7 Å². The number of rotatable bonds is 5. The lowest BCUT2D eigenvalue weighted by atomic mass is 9.96. The summed E-state index contributed by atoms with van der Waals surface area (Å²) in [5.41, 5.74) is 0.532. The van der Waals surface area contributed by atoms with Crippen molar-refractivity contribution < 1.29 is 19.5 Å². The number of imide groups is 1. The number of carbonyl (C=O) groups is 3. The zero-order chi connectivity index (χ0) is 14.9. The van der Waals surface area contributed by atoms with Crippen molar-refractivity contribution in [1.82, 2.24) is 9.88 Å². The highest BCUT2D eigenvalue weighted by Gasteiger charge is 2.38. The Balaban J connectivity index is 2.21. The number of carboxylic acid groups (broad SMARTS) is 1. The first-order chi connectivity index (χ1) is 9.41. The number of hydrogen-bond donors (Lipinski definition) is 1. The zero-order valence-electron chi connectivity index (χ0n) is 11.4. The first kappa shape index (κ1) is 14.2. The minimum absolute atomic E-state index is 0.0974. The van der Waals surface area contributed by atoms with Gasteiger partial charge in [0.2, 0.25) is 0 Å². The van der Waals surface area contributed by atoms with Crippen molar-refractivity contribution >= 4 is 17.8 Å². The van der Waals surface area contributed by atoms with Gasteiger partial charge in [-0.15, -0.1) is 0 Å². The second-order valence-corrected chi connectivity index (χ2v) is 5.31. The Bertz CT molecular complexity index is 533. The van der Waals surface area contributed by atoms with Crippen LogP contribution in [0, 0.1) is 11.8 Å². The topological polar surface area (TPSA) is 87.6 Å². The van der Waals surface area contributed by atoms with Crippen LogP contribution in [0.4, 0.5) is 0 Å². The van der Waals surface area contributed by atoms with Gasteiger partial charge < -0.3 is 5.11 Å². The summed E-state index contributed by atoms with van der Waals surface area (Å²) in [6.07, 6.45) is 3.20. The molecule has 0 spiro atoms. The molecule has 106 valence electrons. The van der Waals surface area contributed by atoms with Crippen LogP contribution in [0.15, 0.2) is 18.5 Å². The lowest BCUT2D eigenvalue weighted by Gasteiger charge is -2.20. The van der Waals surface area contributed by atoms with E-state index in [0.29, 0.717) is 12.0 Å². The zero-order valence-corrected chi connectivity index (χ0v) is 11.4. The first-order valence-corrected chi connectivity index (χ1v) is 6.44. The van der Waals surface area contributed by atoms with Gasteiger partial charge in [-0.1, -0.05) is 13.8 Å². The molecule has 2 heterocycles. The summed E-state index contributed by atoms with van der Waals surface area (Å²) in [6, 6.07) is 1.48. The van der Waals surface area contributed by atoms with Crippen LogP contribution in [0.25, 0.3) is 0 Å². The van der Waals surface area contributed by atoms with Gasteiger partial charge in [-0.25, -0.2) is 0 Å². The van der Waals surface area contributed by atoms with Crippen molar-refractivity contribution in [2.45, 2.75) is 20.3 Å². The molecule has 0 fully saturated rings. The van der Waals surface area contributed by atoms with E-state index in [9.17, 15) is 19.5 Å². The summed E-state index contributed by atoms with van der Waals surface area (Å²) in [7, 11) is 0. The minimum Gasteiger partial charge on any atom is -0.481 e. The Morgan fingerprint density at radius 3 is 2.50 bits per heavy atom. The van der Waals surface area contributed by atoms with Gasteiger partial charge >= 0.3 is 5.97 Å². The number of carboxylic acids is 1. The van der Waals surface area contributed by atoms with Crippen LogP contribution < -0.4 is 0 Å². The van der Waals surface area contributed by atoms with E-state index in [1.807, 2.05) is 13.8 Å². The van der Waals surface area contributed by atoms with Gasteiger partial charge in [0.15, 0.2) is 0 Å². The lowest BCUT2D eigenvalue weighted by molar-refractivity contribution is -0.142. The summed E-state index contributed by atoms with van der Waals surface area (Å²) >= 11 is 0. The quantitative estimate of drug-likeness (QED) is 0.822. The lowest BCUT2D eigenvalue weighted by Crippen LogP contribution is -2.37. The second kappa shape index (κ2) is 5.40. The molecule has 6 heteroatoms. The molecule has 1 aromatic rings. The van der Waals surface area contributed by atoms with Gasteiger partial charge in [-0.3, -0.25) is 24.3 Å². The van der Waals surface area contributed by atoms with E-state index in [2.05, 4.69) is 4.98 Å². The predicted octanol–water partition coefficient (Wildman–Crippen LogP) is 1.42. The van der Waals surface area contributed by atoms with Crippen molar-refractivity contribution in [3.63, 3.8) is 0 Å². The number of aliphatic carboxylic acids is 1. The van der Waals surface area contributed by atoms with Crippen molar-refractivity contribution in [1.29, 1.82) is 0 Å². The Morgan fingerprint density at radius 2 is 1.95 bits per heavy atom. The molecule has 2 rings (SSSR count). The molecule has 1 aromatic heterocycles. The maximum atomic E-state index is 12.1. The predicted molar refractivity (Wildman–Crippen MR) is 70.2 cm³/mol. The van der Waals surface area contributed by atoms with Crippen LogP contribution in [-0.4, -0.2) is 39.3 Å². The molecule has 1 aliphatic rings. The smallest absolute Gasteiger partial charge is 0.308 e. The average molecular weight is 276 g/mol. The SMILES string of the molecule is CC(C)CC(CN1C(=O)c2ccncc2C1=O)C(=O)O. The maximum absolute atomic E-state index is 12.1. The van der Waals surface area contributed by atoms with Crippen molar-refractivity contribution in [3.05, 3.63) is 29.6 Å². The van der Waals surface area contributed by atoms with Crippen LogP contribution >= 0.6 is 0 Å². The van der Waals surface area contributed by atoms with E-state index in [0.717, 1.165) is 4.90 Å². The highest BCUT2D eigenvalue weighted by Crippen LogP contribution is 2.24. The molecule has 6 nitrogen and oxygen atoms in total. The summed E-state index contributed by atoms with van der Waals surface area (Å²) in [4.78, 5) is 40.3. The molecule has 1 N–H and O–H groups in total. The Kier molecular flexibility index (Phi) is 3.83. The fourth-order valence-corrected chi connectivity index (χ4v) is 2.34. The molecule has 20 heavy (non-hydrogen) atoms. The largest absolute Gasteiger partial charge is 0.481 e. The number of carbonyl (C=O) groups excluding carboxylic acids is 2. The third kappa shape index (κ3) is 2.54. The number of hydrogen-bond acceptors (Lipinski definition) is 4. The van der Waals surface area contributed by atoms with E-state index in [-0.39, 0.29) is 18.0 Å². The molecule has 1 atom stereocenters. The van der Waals surface area contributed by atoms with Gasteiger partial charge in [-0.2, -0.15) is 0 Å². The standard InChI is InChI=1S/C14H16N2O4/c1-8(2)5-9(14(19)20)7-16-12(17)10-3-4-15-6-11(10)13(16)18/h3-4,6,8-9H,5,7H2,1-2H3,(H,19,20). The molecule has 2 amide bonds. The third-order valence-corrected chi connectivity index (χ3v) is 3.28. The number of fused-ring (bicyclic) bond motifs is 1. The van der Waals surface area contributed by atoms with Crippen molar-refractivity contribution in [2.75, 3.05) is 6.54 Å². The normalized spacial score (nSPS) is 15.7. The van der Waals surface area contributed by atoms with E-state index in [4.69, 9.17) is 0 Å². The minimum atomic E-state index is -0.992. The molecule has 0 radical (unpaired) electrons. The monoisotopic (exact) mass is 276 g/mol. The second-order valence-electron chi connectivity index (χ2n) is 5.31. The van der Waals surface area contributed by atoms with Crippen molar-refractivity contribution in [2.24, 2.45) is 11.8 Å². The number of pyridine rings is 1. The highest BCUT2D eigenvalue weighted by atomic mass is 16.4. The molecule has 0 aliphatic carbocycles. The number of amides is 2. The van der Waals surface area contributed by atoms with Gasteiger partial charge in [0.1, 0.15) is 0 Å². The number of nitrogens with zero attached hydrogens (tertiary/aromatic N) is 2. The Morgan fingerprint density at radius 1 is 1.30 bits per heavy atom. The summed E-state index contributed by atoms with van der Waals surface area (Å²) < 4.78 is 0. The maximum Gasteiger partial charge on any atom is 0.308 e. The van der Waals surface area contributed by atoms with Crippen LogP contribution in [0.1, 0.15) is 41.0 Å². The molecule has 0 bridgehead atoms. The first-order valence-electron chi connectivity index (χ1n) is 6.44. The van der Waals surface area contributed by atoms with Gasteiger partial charge in [0.25, 0.3) is 11.8 Å². The Labute approximate surface area is 116 Å². The molecular formula is C14H16N2O4. The fraction of sp³-hybridized carbons (Fsp3) is 0.429. The van der Waals surface area contributed by atoms with Crippen LogP contribution in [0.3, 0.4) is 0 Å². The van der Waals surface area contributed by atoms with Gasteiger partial charge in [0.05, 0.1) is 17.0 Å². The molecule has 0 aromatic carbocycles. The average Bonchev–Trinajstić information content (AvgIpc) is 2.63. The summed E-state index contributed by atoms with van der Waals surface area (Å²) in [6.45, 7) is 3.71. The molecule has 0 saturated carbocycles.